The van der Waals surface area contributed by atoms with E-state index in [1.54, 1.807) is 6.92 Å². The number of ether oxygens (including phenoxy) is 2. The third-order valence-electron chi connectivity index (χ3n) is 2.77. The van der Waals surface area contributed by atoms with Crippen molar-refractivity contribution >= 4 is 17.8 Å². The zero-order valence-electron chi connectivity index (χ0n) is 12.8. The summed E-state index contributed by atoms with van der Waals surface area (Å²) < 4.78 is 9.61. The van der Waals surface area contributed by atoms with Crippen molar-refractivity contribution in [3.05, 3.63) is 35.4 Å². The fourth-order valence-corrected chi connectivity index (χ4v) is 1.64. The molecule has 7 nitrogen and oxygen atoms in total. The number of nitriles is 1. The lowest BCUT2D eigenvalue weighted by Crippen LogP contribution is -2.30. The summed E-state index contributed by atoms with van der Waals surface area (Å²) in [4.78, 5) is 34.3. The molecule has 1 N–H and O–H groups in total. The molecule has 0 bridgehead atoms. The van der Waals surface area contributed by atoms with Crippen LogP contribution in [0.1, 0.15) is 35.7 Å². The van der Waals surface area contributed by atoms with Gasteiger partial charge in [-0.15, -0.1) is 0 Å². The molecule has 23 heavy (non-hydrogen) atoms. The van der Waals surface area contributed by atoms with Gasteiger partial charge in [0.25, 0.3) is 5.91 Å². The highest BCUT2D eigenvalue weighted by atomic mass is 16.5. The van der Waals surface area contributed by atoms with E-state index in [2.05, 4.69) is 5.32 Å². The van der Waals surface area contributed by atoms with Gasteiger partial charge < -0.3 is 14.8 Å². The van der Waals surface area contributed by atoms with Crippen LogP contribution in [0, 0.1) is 11.3 Å². The maximum atomic E-state index is 11.7. The Balaban J connectivity index is 2.23. The number of carbonyl (C=O) groups is 3. The van der Waals surface area contributed by atoms with E-state index in [-0.39, 0.29) is 18.0 Å². The average molecular weight is 318 g/mol. The molecule has 122 valence electrons. The number of nitrogens with zero attached hydrogens (tertiary/aromatic N) is 1. The van der Waals surface area contributed by atoms with Crippen LogP contribution in [-0.4, -0.2) is 37.6 Å². The molecule has 7 heteroatoms. The van der Waals surface area contributed by atoms with Gasteiger partial charge in [0.2, 0.25) is 0 Å². The van der Waals surface area contributed by atoms with Gasteiger partial charge in [-0.05, 0) is 37.6 Å². The summed E-state index contributed by atoms with van der Waals surface area (Å²) in [5.41, 5.74) is 0.694. The fraction of sp³-hybridized carbons (Fsp3) is 0.375. The van der Waals surface area contributed by atoms with Crippen LogP contribution in [0.2, 0.25) is 0 Å². The summed E-state index contributed by atoms with van der Waals surface area (Å²) in [6.45, 7) is 1.95. The lowest BCUT2D eigenvalue weighted by molar-refractivity contribution is -0.143. The van der Waals surface area contributed by atoms with E-state index in [9.17, 15) is 14.4 Å². The molecule has 0 fully saturated rings. The molecule has 1 aromatic rings. The molecule has 1 amide bonds. The van der Waals surface area contributed by atoms with Crippen LogP contribution in [-0.2, 0) is 19.1 Å². The van der Waals surface area contributed by atoms with E-state index >= 15 is 0 Å². The lowest BCUT2D eigenvalue weighted by atomic mass is 10.1. The van der Waals surface area contributed by atoms with Crippen molar-refractivity contribution < 1.29 is 23.9 Å². The highest BCUT2D eigenvalue weighted by Gasteiger charge is 2.10. The summed E-state index contributed by atoms with van der Waals surface area (Å²) >= 11 is 0. The first-order valence-corrected chi connectivity index (χ1v) is 7.16. The highest BCUT2D eigenvalue weighted by molar-refractivity contribution is 5.91. The Bertz CT molecular complexity index is 589. The monoisotopic (exact) mass is 318 g/mol. The Morgan fingerprint density at radius 1 is 1.17 bits per heavy atom. The normalized spacial score (nSPS) is 9.57. The molecule has 0 spiro atoms. The Kier molecular flexibility index (Phi) is 7.86. The molecule has 0 heterocycles. The first-order valence-electron chi connectivity index (χ1n) is 7.16. The third-order valence-corrected chi connectivity index (χ3v) is 2.77. The summed E-state index contributed by atoms with van der Waals surface area (Å²) in [7, 11) is 0. The van der Waals surface area contributed by atoms with E-state index in [0.29, 0.717) is 25.1 Å². The molecule has 0 atom stereocenters. The molecule has 0 saturated carbocycles. The topological polar surface area (TPSA) is 105 Å². The number of nitrogens with one attached hydrogen (secondary N) is 1. The van der Waals surface area contributed by atoms with Crippen molar-refractivity contribution in [1.29, 1.82) is 5.26 Å². The number of rotatable bonds is 8. The van der Waals surface area contributed by atoms with Crippen LogP contribution in [0.15, 0.2) is 24.3 Å². The molecule has 0 saturated heterocycles. The van der Waals surface area contributed by atoms with E-state index in [1.165, 1.54) is 24.3 Å². The van der Waals surface area contributed by atoms with E-state index in [4.69, 9.17) is 14.7 Å². The molecule has 0 aromatic heterocycles. The molecule has 0 aliphatic heterocycles. The van der Waals surface area contributed by atoms with E-state index in [0.717, 1.165) is 0 Å². The van der Waals surface area contributed by atoms with Crippen LogP contribution in [0.5, 0.6) is 0 Å². The lowest BCUT2D eigenvalue weighted by Gasteiger charge is -2.06. The van der Waals surface area contributed by atoms with Crippen LogP contribution < -0.4 is 5.32 Å². The molecule has 0 radical (unpaired) electrons. The quantitative estimate of drug-likeness (QED) is 0.570. The number of hydrogen-bond donors (Lipinski definition) is 1. The smallest absolute Gasteiger partial charge is 0.338 e. The zero-order valence-corrected chi connectivity index (χ0v) is 12.8. The molecule has 1 rings (SSSR count). The number of carbonyl (C=O) groups excluding carboxylic acids is 3. The fourth-order valence-electron chi connectivity index (χ4n) is 1.64. The van der Waals surface area contributed by atoms with Gasteiger partial charge in [0.05, 0.1) is 23.8 Å². The first-order chi connectivity index (χ1) is 11.1. The first kappa shape index (κ1) is 18.2. The minimum atomic E-state index is -0.642. The summed E-state index contributed by atoms with van der Waals surface area (Å²) in [5, 5.41) is 11.2. The Morgan fingerprint density at radius 3 is 2.48 bits per heavy atom. The van der Waals surface area contributed by atoms with Gasteiger partial charge in [-0.1, -0.05) is 0 Å². The van der Waals surface area contributed by atoms with Crippen molar-refractivity contribution in [2.45, 2.75) is 19.8 Å². The summed E-state index contributed by atoms with van der Waals surface area (Å²) in [6, 6.07) is 7.84. The van der Waals surface area contributed by atoms with E-state index < -0.39 is 18.5 Å². The zero-order chi connectivity index (χ0) is 17.1. The Labute approximate surface area is 134 Å². The van der Waals surface area contributed by atoms with Gasteiger partial charge in [-0.2, -0.15) is 5.26 Å². The van der Waals surface area contributed by atoms with Crippen LogP contribution in [0.25, 0.3) is 0 Å². The molecule has 0 unspecified atom stereocenters. The highest BCUT2D eigenvalue weighted by Crippen LogP contribution is 2.04. The number of hydrogen-bond acceptors (Lipinski definition) is 6. The average Bonchev–Trinajstić information content (AvgIpc) is 2.57. The van der Waals surface area contributed by atoms with Crippen LogP contribution >= 0.6 is 0 Å². The minimum absolute atomic E-state index is 0.221. The molecular formula is C16H18N2O5. The van der Waals surface area contributed by atoms with Crippen molar-refractivity contribution in [2.24, 2.45) is 0 Å². The van der Waals surface area contributed by atoms with E-state index in [1.807, 2.05) is 6.07 Å². The van der Waals surface area contributed by atoms with Crippen LogP contribution in [0.4, 0.5) is 0 Å². The van der Waals surface area contributed by atoms with Crippen molar-refractivity contribution in [3.8, 4) is 6.07 Å². The van der Waals surface area contributed by atoms with Gasteiger partial charge in [0.15, 0.2) is 6.61 Å². The number of benzene rings is 1. The maximum Gasteiger partial charge on any atom is 0.338 e. The van der Waals surface area contributed by atoms with Gasteiger partial charge >= 0.3 is 11.9 Å². The third kappa shape index (κ3) is 7.09. The van der Waals surface area contributed by atoms with Gasteiger partial charge in [-0.3, -0.25) is 9.59 Å². The standard InChI is InChI=1S/C16H18N2O5/c1-2-22-15(20)4-3-9-18-14(19)11-23-16(21)13-7-5-12(10-17)6-8-13/h5-8H,2-4,9,11H2,1H3,(H,18,19). The SMILES string of the molecule is CCOC(=O)CCCNC(=O)COC(=O)c1ccc(C#N)cc1. The van der Waals surface area contributed by atoms with Gasteiger partial charge in [0.1, 0.15) is 0 Å². The van der Waals surface area contributed by atoms with Crippen molar-refractivity contribution in [3.63, 3.8) is 0 Å². The Hall–Kier alpha value is -2.88. The van der Waals surface area contributed by atoms with Crippen LogP contribution in [0.3, 0.4) is 0 Å². The molecular weight excluding hydrogens is 300 g/mol. The van der Waals surface area contributed by atoms with Gasteiger partial charge in [0, 0.05) is 13.0 Å². The molecule has 0 aliphatic carbocycles. The maximum absolute atomic E-state index is 11.7. The van der Waals surface area contributed by atoms with Crippen molar-refractivity contribution in [1.82, 2.24) is 5.32 Å². The number of amides is 1. The predicted octanol–water partition coefficient (Wildman–Crippen LogP) is 1.17. The second-order valence-electron chi connectivity index (χ2n) is 4.52. The second kappa shape index (κ2) is 9.95. The molecule has 1 aromatic carbocycles. The van der Waals surface area contributed by atoms with Gasteiger partial charge in [-0.25, -0.2) is 4.79 Å². The second-order valence-corrected chi connectivity index (χ2v) is 4.52. The summed E-state index contributed by atoms with van der Waals surface area (Å²) in [5.74, 6) is -1.40. The van der Waals surface area contributed by atoms with Crippen molar-refractivity contribution in [2.75, 3.05) is 19.8 Å². The number of esters is 2. The molecule has 0 aliphatic rings. The Morgan fingerprint density at radius 2 is 1.87 bits per heavy atom. The predicted molar refractivity (Wildman–Crippen MR) is 80.3 cm³/mol. The largest absolute Gasteiger partial charge is 0.466 e. The minimum Gasteiger partial charge on any atom is -0.466 e. The summed E-state index contributed by atoms with van der Waals surface area (Å²) in [6.07, 6.45) is 0.674.